The summed E-state index contributed by atoms with van der Waals surface area (Å²) in [4.78, 5) is 28.3. The van der Waals surface area contributed by atoms with Crippen molar-refractivity contribution < 1.29 is 14.5 Å². The number of nitriles is 1. The molecule has 4 aromatic rings. The minimum atomic E-state index is -0.595. The maximum absolute atomic E-state index is 12.8. The number of nitro groups is 1. The van der Waals surface area contributed by atoms with Crippen molar-refractivity contribution in [1.29, 1.82) is 5.26 Å². The number of methoxy groups -OCH3 is 1. The Labute approximate surface area is 222 Å². The number of ether oxygens (including phenoxy) is 1. The zero-order valence-electron chi connectivity index (χ0n) is 19.5. The van der Waals surface area contributed by atoms with Gasteiger partial charge in [-0.3, -0.25) is 14.9 Å². The number of nitro benzene ring substituents is 1. The van der Waals surface area contributed by atoms with E-state index in [1.54, 1.807) is 12.1 Å². The van der Waals surface area contributed by atoms with Crippen LogP contribution in [-0.4, -0.2) is 28.7 Å². The molecule has 10 heteroatoms. The molecule has 1 aromatic heterocycles. The SMILES string of the molecule is COc1ccc(NC(=O)CSc2nc(-c3ccc(Cl)cc3)cc(-c3ccccc3)c2C#N)c([N+](=O)[O-])c1. The number of aromatic nitrogens is 1. The average molecular weight is 531 g/mol. The van der Waals surface area contributed by atoms with Gasteiger partial charge in [0.2, 0.25) is 5.91 Å². The van der Waals surface area contributed by atoms with E-state index in [0.717, 1.165) is 22.9 Å². The second-order valence-electron chi connectivity index (χ2n) is 7.70. The third-order valence-electron chi connectivity index (χ3n) is 5.34. The molecule has 0 aliphatic rings. The molecular formula is C27H19ClN4O4S. The second kappa shape index (κ2) is 11.6. The molecule has 0 spiro atoms. The van der Waals surface area contributed by atoms with Gasteiger partial charge in [0.25, 0.3) is 5.69 Å². The van der Waals surface area contributed by atoms with E-state index in [1.807, 2.05) is 48.5 Å². The summed E-state index contributed by atoms with van der Waals surface area (Å²) >= 11 is 7.12. The third kappa shape index (κ3) is 6.06. The number of thioether (sulfide) groups is 1. The number of hydrogen-bond acceptors (Lipinski definition) is 7. The van der Waals surface area contributed by atoms with Crippen molar-refractivity contribution in [3.05, 3.63) is 99.6 Å². The number of rotatable bonds is 8. The molecule has 0 saturated heterocycles. The topological polar surface area (TPSA) is 118 Å². The van der Waals surface area contributed by atoms with Gasteiger partial charge in [-0.2, -0.15) is 5.26 Å². The van der Waals surface area contributed by atoms with Crippen molar-refractivity contribution in [2.24, 2.45) is 0 Å². The van der Waals surface area contributed by atoms with E-state index in [2.05, 4.69) is 16.4 Å². The first-order chi connectivity index (χ1) is 17.9. The summed E-state index contributed by atoms with van der Waals surface area (Å²) in [7, 11) is 1.40. The van der Waals surface area contributed by atoms with Crippen LogP contribution in [0, 0.1) is 21.4 Å². The Morgan fingerprint density at radius 3 is 2.49 bits per heavy atom. The van der Waals surface area contributed by atoms with Crippen molar-refractivity contribution in [1.82, 2.24) is 4.98 Å². The highest BCUT2D eigenvalue weighted by Gasteiger charge is 2.20. The highest BCUT2D eigenvalue weighted by Crippen LogP contribution is 2.35. The lowest BCUT2D eigenvalue weighted by molar-refractivity contribution is -0.384. The Hall–Kier alpha value is -4.39. The van der Waals surface area contributed by atoms with Crippen LogP contribution in [0.25, 0.3) is 22.4 Å². The van der Waals surface area contributed by atoms with Gasteiger partial charge in [0.05, 0.1) is 35.1 Å². The normalized spacial score (nSPS) is 10.4. The number of carbonyl (C=O) groups excluding carboxylic acids is 1. The van der Waals surface area contributed by atoms with Gasteiger partial charge in [-0.05, 0) is 35.9 Å². The van der Waals surface area contributed by atoms with Crippen LogP contribution in [0.4, 0.5) is 11.4 Å². The molecule has 0 aliphatic carbocycles. The quantitative estimate of drug-likeness (QED) is 0.155. The van der Waals surface area contributed by atoms with Crippen molar-refractivity contribution >= 4 is 40.6 Å². The van der Waals surface area contributed by atoms with Crippen molar-refractivity contribution in [2.75, 3.05) is 18.2 Å². The van der Waals surface area contributed by atoms with Crippen molar-refractivity contribution in [2.45, 2.75) is 5.03 Å². The monoisotopic (exact) mass is 530 g/mol. The van der Waals surface area contributed by atoms with Gasteiger partial charge >= 0.3 is 0 Å². The largest absolute Gasteiger partial charge is 0.496 e. The van der Waals surface area contributed by atoms with Crippen LogP contribution in [0.3, 0.4) is 0 Å². The van der Waals surface area contributed by atoms with Gasteiger partial charge in [0.15, 0.2) is 0 Å². The lowest BCUT2D eigenvalue weighted by Crippen LogP contribution is -2.15. The van der Waals surface area contributed by atoms with Crippen LogP contribution >= 0.6 is 23.4 Å². The lowest BCUT2D eigenvalue weighted by Gasteiger charge is -2.13. The molecule has 4 rings (SSSR count). The molecule has 3 aromatic carbocycles. The summed E-state index contributed by atoms with van der Waals surface area (Å²) in [6.07, 6.45) is 0. The lowest BCUT2D eigenvalue weighted by atomic mass is 9.99. The van der Waals surface area contributed by atoms with Crippen LogP contribution in [0.5, 0.6) is 5.75 Å². The van der Waals surface area contributed by atoms with Gasteiger partial charge < -0.3 is 10.1 Å². The van der Waals surface area contributed by atoms with E-state index < -0.39 is 10.8 Å². The van der Waals surface area contributed by atoms with Gasteiger partial charge in [-0.25, -0.2) is 4.98 Å². The van der Waals surface area contributed by atoms with Crippen molar-refractivity contribution in [3.63, 3.8) is 0 Å². The fourth-order valence-corrected chi connectivity index (χ4v) is 4.49. The van der Waals surface area contributed by atoms with Crippen LogP contribution < -0.4 is 10.1 Å². The molecule has 0 bridgehead atoms. The van der Waals surface area contributed by atoms with E-state index >= 15 is 0 Å². The predicted molar refractivity (Wildman–Crippen MR) is 144 cm³/mol. The number of pyridine rings is 1. The van der Waals surface area contributed by atoms with E-state index in [9.17, 15) is 20.2 Å². The highest BCUT2D eigenvalue weighted by molar-refractivity contribution is 8.00. The number of nitrogens with zero attached hydrogens (tertiary/aromatic N) is 3. The van der Waals surface area contributed by atoms with E-state index in [1.165, 1.54) is 25.3 Å². The summed E-state index contributed by atoms with van der Waals surface area (Å²) in [5.74, 6) is -0.306. The molecule has 1 N–H and O–H groups in total. The molecular weight excluding hydrogens is 512 g/mol. The number of anilines is 1. The number of hydrogen-bond donors (Lipinski definition) is 1. The fraction of sp³-hybridized carbons (Fsp3) is 0.0741. The highest BCUT2D eigenvalue weighted by atomic mass is 35.5. The Morgan fingerprint density at radius 2 is 1.84 bits per heavy atom. The van der Waals surface area contributed by atoms with Gasteiger partial charge in [0.1, 0.15) is 22.5 Å². The Kier molecular flexibility index (Phi) is 8.03. The Bertz CT molecular complexity index is 1510. The molecule has 0 saturated carbocycles. The van der Waals surface area contributed by atoms with Crippen LogP contribution in [0.15, 0.2) is 83.9 Å². The summed E-state index contributed by atoms with van der Waals surface area (Å²) in [6.45, 7) is 0. The summed E-state index contributed by atoms with van der Waals surface area (Å²) < 4.78 is 5.03. The zero-order chi connectivity index (χ0) is 26.4. The van der Waals surface area contributed by atoms with Gasteiger partial charge in [-0.1, -0.05) is 65.8 Å². The molecule has 8 nitrogen and oxygen atoms in total. The number of carbonyl (C=O) groups is 1. The Balaban J connectivity index is 1.66. The van der Waals surface area contributed by atoms with Crippen molar-refractivity contribution in [3.8, 4) is 34.2 Å². The molecule has 1 amide bonds. The molecule has 184 valence electrons. The molecule has 0 radical (unpaired) electrons. The standard InChI is InChI=1S/C27H19ClN4O4S/c1-36-20-11-12-23(25(13-20)32(34)35)30-26(33)16-37-27-22(15-29)21(17-5-3-2-4-6-17)14-24(31-27)18-7-9-19(28)10-8-18/h2-14H,16H2,1H3,(H,30,33). The number of halogens is 1. The zero-order valence-corrected chi connectivity index (χ0v) is 21.0. The maximum Gasteiger partial charge on any atom is 0.296 e. The summed E-state index contributed by atoms with van der Waals surface area (Å²) in [5, 5.41) is 25.0. The third-order valence-corrected chi connectivity index (χ3v) is 6.57. The van der Waals surface area contributed by atoms with Gasteiger partial charge in [-0.15, -0.1) is 0 Å². The Morgan fingerprint density at radius 1 is 1.11 bits per heavy atom. The van der Waals surface area contributed by atoms with E-state index in [4.69, 9.17) is 16.3 Å². The smallest absolute Gasteiger partial charge is 0.296 e. The van der Waals surface area contributed by atoms with Crippen LogP contribution in [0.2, 0.25) is 5.02 Å². The average Bonchev–Trinajstić information content (AvgIpc) is 2.92. The molecule has 37 heavy (non-hydrogen) atoms. The molecule has 0 unspecified atom stereocenters. The number of amides is 1. The maximum atomic E-state index is 12.8. The molecule has 0 fully saturated rings. The first-order valence-electron chi connectivity index (χ1n) is 10.9. The molecule has 0 aliphatic heterocycles. The molecule has 0 atom stereocenters. The number of nitrogens with one attached hydrogen (secondary N) is 1. The first kappa shape index (κ1) is 25.7. The minimum absolute atomic E-state index is 0.0461. The first-order valence-corrected chi connectivity index (χ1v) is 12.3. The molecule has 1 heterocycles. The van der Waals surface area contributed by atoms with Crippen LogP contribution in [0.1, 0.15) is 5.56 Å². The number of benzene rings is 3. The minimum Gasteiger partial charge on any atom is -0.496 e. The predicted octanol–water partition coefficient (Wildman–Crippen LogP) is 6.59. The van der Waals surface area contributed by atoms with Crippen LogP contribution in [-0.2, 0) is 4.79 Å². The van der Waals surface area contributed by atoms with E-state index in [0.29, 0.717) is 32.6 Å². The second-order valence-corrected chi connectivity index (χ2v) is 9.10. The summed E-state index contributed by atoms with van der Waals surface area (Å²) in [5.41, 5.74) is 3.01. The summed E-state index contributed by atoms with van der Waals surface area (Å²) in [6, 6.07) is 24.8. The fourth-order valence-electron chi connectivity index (χ4n) is 3.56. The van der Waals surface area contributed by atoms with Gasteiger partial charge in [0, 0.05) is 16.1 Å². The van der Waals surface area contributed by atoms with E-state index in [-0.39, 0.29) is 17.1 Å².